The van der Waals surface area contributed by atoms with Crippen molar-refractivity contribution in [1.82, 2.24) is 0 Å². The average molecular weight is 432 g/mol. The van der Waals surface area contributed by atoms with E-state index in [1.54, 1.807) is 0 Å². The highest BCUT2D eigenvalue weighted by atomic mass is 32.2. The standard InChI is InChI=1S/C25H25N3O2S/c1-2-24(21-8-4-3-5-9-21)25(23-10-6-7-20(17-23)18-28-26)22-13-11-19(12-14-22)15-16-31(27,29)30/h3-17,26H,2,18H2,1H3,(H2,27,29,30)/b16-15+,25-24?,28-26?. The Morgan fingerprint density at radius 2 is 1.61 bits per heavy atom. The van der Waals surface area contributed by atoms with Crippen molar-refractivity contribution >= 4 is 27.2 Å². The lowest BCUT2D eigenvalue weighted by Crippen LogP contribution is -2.06. The summed E-state index contributed by atoms with van der Waals surface area (Å²) in [5.41, 5.74) is 14.4. The predicted molar refractivity (Wildman–Crippen MR) is 127 cm³/mol. The molecule has 158 valence electrons. The third-order valence-corrected chi connectivity index (χ3v) is 5.42. The zero-order valence-corrected chi connectivity index (χ0v) is 18.1. The first-order valence-electron chi connectivity index (χ1n) is 9.93. The van der Waals surface area contributed by atoms with Crippen LogP contribution in [0.2, 0.25) is 0 Å². The Morgan fingerprint density at radius 3 is 2.23 bits per heavy atom. The van der Waals surface area contributed by atoms with E-state index < -0.39 is 10.0 Å². The molecule has 0 amide bonds. The summed E-state index contributed by atoms with van der Waals surface area (Å²) in [6.07, 6.45) is 2.32. The second-order valence-electron chi connectivity index (χ2n) is 7.10. The number of nitrogens with zero attached hydrogens (tertiary/aromatic N) is 1. The van der Waals surface area contributed by atoms with Gasteiger partial charge in [-0.15, -0.1) is 0 Å². The van der Waals surface area contributed by atoms with E-state index >= 15 is 0 Å². The number of hydrogen-bond acceptors (Lipinski definition) is 4. The SMILES string of the molecule is CCC(=C(c1ccc(/C=C/S(N)(=O)=O)cc1)c1cccc(CN=N)c1)c1ccccc1. The summed E-state index contributed by atoms with van der Waals surface area (Å²) < 4.78 is 22.4. The fraction of sp³-hybridized carbons (Fsp3) is 0.120. The first kappa shape index (κ1) is 22.3. The second-order valence-corrected chi connectivity index (χ2v) is 8.55. The maximum atomic E-state index is 11.2. The lowest BCUT2D eigenvalue weighted by atomic mass is 9.87. The Balaban J connectivity index is 2.17. The van der Waals surface area contributed by atoms with Crippen LogP contribution in [0.4, 0.5) is 0 Å². The van der Waals surface area contributed by atoms with Crippen molar-refractivity contribution in [3.05, 3.63) is 112 Å². The van der Waals surface area contributed by atoms with Crippen molar-refractivity contribution < 1.29 is 8.42 Å². The van der Waals surface area contributed by atoms with Crippen LogP contribution >= 0.6 is 0 Å². The molecule has 0 aliphatic heterocycles. The molecule has 0 atom stereocenters. The Kier molecular flexibility index (Phi) is 7.28. The Morgan fingerprint density at radius 1 is 0.935 bits per heavy atom. The van der Waals surface area contributed by atoms with Crippen molar-refractivity contribution in [1.29, 1.82) is 5.53 Å². The number of hydrogen-bond donors (Lipinski definition) is 2. The third-order valence-electron chi connectivity index (χ3n) is 4.90. The third kappa shape index (κ3) is 6.07. The van der Waals surface area contributed by atoms with Crippen LogP contribution in [-0.4, -0.2) is 8.42 Å². The van der Waals surface area contributed by atoms with Crippen LogP contribution in [-0.2, 0) is 16.6 Å². The molecule has 5 nitrogen and oxygen atoms in total. The highest BCUT2D eigenvalue weighted by Gasteiger charge is 2.13. The van der Waals surface area contributed by atoms with Gasteiger partial charge in [0.05, 0.1) is 6.54 Å². The number of primary sulfonamides is 1. The van der Waals surface area contributed by atoms with E-state index in [9.17, 15) is 8.42 Å². The Hall–Kier alpha value is -3.35. The molecule has 6 heteroatoms. The Labute approximate surface area is 183 Å². The molecule has 0 spiro atoms. The summed E-state index contributed by atoms with van der Waals surface area (Å²) in [5.74, 6) is 0. The zero-order chi connectivity index (χ0) is 22.3. The largest absolute Gasteiger partial charge is 0.231 e. The summed E-state index contributed by atoms with van der Waals surface area (Å²) in [5, 5.41) is 9.57. The summed E-state index contributed by atoms with van der Waals surface area (Å²) >= 11 is 0. The van der Waals surface area contributed by atoms with Crippen molar-refractivity contribution in [3.8, 4) is 0 Å². The maximum Gasteiger partial charge on any atom is 0.231 e. The van der Waals surface area contributed by atoms with Gasteiger partial charge in [0.2, 0.25) is 10.0 Å². The van der Waals surface area contributed by atoms with Crippen LogP contribution in [0.15, 0.2) is 89.4 Å². The molecule has 0 radical (unpaired) electrons. The zero-order valence-electron chi connectivity index (χ0n) is 17.3. The fourth-order valence-electron chi connectivity index (χ4n) is 3.53. The number of allylic oxidation sites excluding steroid dienone is 1. The van der Waals surface area contributed by atoms with Crippen LogP contribution < -0.4 is 5.14 Å². The minimum Gasteiger partial charge on any atom is -0.225 e. The summed E-state index contributed by atoms with van der Waals surface area (Å²) in [6.45, 7) is 2.47. The summed E-state index contributed by atoms with van der Waals surface area (Å²) in [6, 6.07) is 26.1. The first-order valence-corrected chi connectivity index (χ1v) is 11.5. The molecule has 0 aliphatic carbocycles. The Bertz CT molecular complexity index is 1210. The summed E-state index contributed by atoms with van der Waals surface area (Å²) in [7, 11) is -3.67. The molecule has 0 saturated carbocycles. The molecule has 3 N–H and O–H groups in total. The maximum absolute atomic E-state index is 11.2. The van der Waals surface area contributed by atoms with Gasteiger partial charge in [-0.1, -0.05) is 79.7 Å². The van der Waals surface area contributed by atoms with E-state index in [4.69, 9.17) is 10.7 Å². The number of nitrogens with one attached hydrogen (secondary N) is 1. The van der Waals surface area contributed by atoms with Gasteiger partial charge in [-0.3, -0.25) is 0 Å². The minimum absolute atomic E-state index is 0.339. The van der Waals surface area contributed by atoms with E-state index in [-0.39, 0.29) is 0 Å². The van der Waals surface area contributed by atoms with Gasteiger partial charge >= 0.3 is 0 Å². The van der Waals surface area contributed by atoms with Crippen LogP contribution in [0.25, 0.3) is 17.2 Å². The van der Waals surface area contributed by atoms with E-state index in [2.05, 4.69) is 36.3 Å². The normalized spacial score (nSPS) is 12.6. The second kappa shape index (κ2) is 10.1. The van der Waals surface area contributed by atoms with Crippen molar-refractivity contribution in [2.24, 2.45) is 10.3 Å². The first-order chi connectivity index (χ1) is 14.9. The molecule has 3 rings (SSSR count). The van der Waals surface area contributed by atoms with E-state index in [1.165, 1.54) is 11.6 Å². The lowest BCUT2D eigenvalue weighted by Gasteiger charge is -2.17. The van der Waals surface area contributed by atoms with E-state index in [0.717, 1.165) is 45.2 Å². The smallest absolute Gasteiger partial charge is 0.225 e. The quantitative estimate of drug-likeness (QED) is 0.346. The molecule has 0 saturated heterocycles. The molecule has 3 aromatic rings. The average Bonchev–Trinajstić information content (AvgIpc) is 2.77. The van der Waals surface area contributed by atoms with Crippen LogP contribution in [0.5, 0.6) is 0 Å². The van der Waals surface area contributed by atoms with Crippen LogP contribution in [0.3, 0.4) is 0 Å². The highest BCUT2D eigenvalue weighted by molar-refractivity contribution is 7.92. The fourth-order valence-corrected chi connectivity index (χ4v) is 3.88. The molecule has 0 unspecified atom stereocenters. The summed E-state index contributed by atoms with van der Waals surface area (Å²) in [4.78, 5) is 0. The van der Waals surface area contributed by atoms with Gasteiger partial charge in [-0.25, -0.2) is 19.1 Å². The van der Waals surface area contributed by atoms with E-state index in [1.807, 2.05) is 54.6 Å². The van der Waals surface area contributed by atoms with Crippen molar-refractivity contribution in [2.75, 3.05) is 0 Å². The van der Waals surface area contributed by atoms with Gasteiger partial charge in [0, 0.05) is 5.41 Å². The van der Waals surface area contributed by atoms with Gasteiger partial charge in [-0.05, 0) is 57.5 Å². The highest BCUT2D eigenvalue weighted by Crippen LogP contribution is 2.35. The molecule has 0 aliphatic rings. The number of sulfonamides is 1. The predicted octanol–water partition coefficient (Wildman–Crippen LogP) is 5.85. The monoisotopic (exact) mass is 431 g/mol. The van der Waals surface area contributed by atoms with Gasteiger partial charge < -0.3 is 0 Å². The molecule has 31 heavy (non-hydrogen) atoms. The molecule has 0 bridgehead atoms. The van der Waals surface area contributed by atoms with Gasteiger partial charge in [0.1, 0.15) is 0 Å². The lowest BCUT2D eigenvalue weighted by molar-refractivity contribution is 0.606. The minimum atomic E-state index is -3.67. The number of benzene rings is 3. The molecule has 0 fully saturated rings. The molecule has 0 aromatic heterocycles. The number of rotatable bonds is 8. The number of nitrogens with two attached hydrogens (primary N) is 1. The van der Waals surface area contributed by atoms with Crippen LogP contribution in [0, 0.1) is 5.53 Å². The van der Waals surface area contributed by atoms with E-state index in [0.29, 0.717) is 6.54 Å². The molecule has 0 heterocycles. The van der Waals surface area contributed by atoms with Gasteiger partial charge in [0.25, 0.3) is 0 Å². The van der Waals surface area contributed by atoms with Crippen molar-refractivity contribution in [2.45, 2.75) is 19.9 Å². The van der Waals surface area contributed by atoms with Gasteiger partial charge in [0.15, 0.2) is 0 Å². The topological polar surface area (TPSA) is 96.4 Å². The van der Waals surface area contributed by atoms with Crippen LogP contribution in [0.1, 0.15) is 41.2 Å². The molecule has 3 aromatic carbocycles. The van der Waals surface area contributed by atoms with Crippen molar-refractivity contribution in [3.63, 3.8) is 0 Å². The van der Waals surface area contributed by atoms with Gasteiger partial charge in [-0.2, -0.15) is 5.11 Å². The molecular weight excluding hydrogens is 406 g/mol. The molecular formula is C25H25N3O2S.